The van der Waals surface area contributed by atoms with Crippen molar-refractivity contribution in [2.24, 2.45) is 0 Å². The number of carboxylic acids is 1. The first-order valence-electron chi connectivity index (χ1n) is 3.41. The van der Waals surface area contributed by atoms with Gasteiger partial charge in [-0.3, -0.25) is 4.81 Å². The van der Waals surface area contributed by atoms with Crippen molar-refractivity contribution >= 4 is 24.8 Å². The van der Waals surface area contributed by atoms with Crippen molar-refractivity contribution in [1.29, 1.82) is 0 Å². The Labute approximate surface area is 69.7 Å². The summed E-state index contributed by atoms with van der Waals surface area (Å²) in [6.45, 7) is 2.24. The van der Waals surface area contributed by atoms with Crippen LogP contribution in [-0.2, 0) is 4.79 Å². The van der Waals surface area contributed by atoms with Gasteiger partial charge in [0, 0.05) is 12.3 Å². The van der Waals surface area contributed by atoms with Crippen LogP contribution in [0.5, 0.6) is 0 Å². The van der Waals surface area contributed by atoms with Gasteiger partial charge in [0.1, 0.15) is 5.37 Å². The largest absolute Gasteiger partial charge is 0.479 e. The molecular weight excluding hydrogens is 165 g/mol. The smallest absolute Gasteiger partial charge is 0.377 e. The molecule has 1 fully saturated rings. The van der Waals surface area contributed by atoms with E-state index in [0.717, 1.165) is 5.75 Å². The summed E-state index contributed by atoms with van der Waals surface area (Å²) < 4.78 is 0. The van der Waals surface area contributed by atoms with Crippen LogP contribution in [0.1, 0.15) is 0 Å². The number of carboxylic acid groups (broad SMARTS) is 1. The van der Waals surface area contributed by atoms with E-state index in [0.29, 0.717) is 6.54 Å². The Morgan fingerprint density at radius 1 is 1.82 bits per heavy atom. The summed E-state index contributed by atoms with van der Waals surface area (Å²) in [4.78, 5) is 12.1. The van der Waals surface area contributed by atoms with Crippen molar-refractivity contribution < 1.29 is 14.9 Å². The maximum atomic E-state index is 10.5. The Kier molecular flexibility index (Phi) is 2.81. The van der Waals surface area contributed by atoms with E-state index >= 15 is 0 Å². The van der Waals surface area contributed by atoms with Gasteiger partial charge in [0.25, 0.3) is 0 Å². The summed E-state index contributed by atoms with van der Waals surface area (Å²) in [5.74, 6) is -0.0876. The number of hydrogen-bond donors (Lipinski definition) is 2. The van der Waals surface area contributed by atoms with Crippen LogP contribution in [0.2, 0.25) is 6.82 Å². The molecule has 1 rings (SSSR count). The summed E-state index contributed by atoms with van der Waals surface area (Å²) in [7, 11) is -0.661. The molecule has 0 amide bonds. The Bertz CT molecular complexity index is 166. The van der Waals surface area contributed by atoms with E-state index in [1.165, 1.54) is 11.8 Å². The Morgan fingerprint density at radius 2 is 2.45 bits per heavy atom. The molecule has 4 nitrogen and oxygen atoms in total. The van der Waals surface area contributed by atoms with Gasteiger partial charge in [-0.25, -0.2) is 4.79 Å². The summed E-state index contributed by atoms with van der Waals surface area (Å²) in [6, 6.07) is 0. The molecular formula is C5H10BNO3S. The van der Waals surface area contributed by atoms with Gasteiger partial charge < -0.3 is 10.1 Å². The topological polar surface area (TPSA) is 60.8 Å². The van der Waals surface area contributed by atoms with Crippen molar-refractivity contribution in [2.75, 3.05) is 12.3 Å². The second-order valence-corrected chi connectivity index (χ2v) is 3.62. The van der Waals surface area contributed by atoms with Gasteiger partial charge in [-0.2, -0.15) is 0 Å². The molecule has 11 heavy (non-hydrogen) atoms. The van der Waals surface area contributed by atoms with Crippen molar-refractivity contribution in [3.8, 4) is 0 Å². The number of rotatable bonds is 2. The normalized spacial score (nSPS) is 25.5. The molecule has 1 atom stereocenters. The lowest BCUT2D eigenvalue weighted by atomic mass is 9.85. The number of carbonyl (C=O) groups is 1. The first-order chi connectivity index (χ1) is 5.13. The third kappa shape index (κ3) is 1.88. The number of thioether (sulfide) groups is 1. The summed E-state index contributed by atoms with van der Waals surface area (Å²) in [6.07, 6.45) is 0. The first-order valence-corrected chi connectivity index (χ1v) is 4.46. The SMILES string of the molecule is CB(O)N1CCS[C@H]1C(=O)O. The van der Waals surface area contributed by atoms with Crippen molar-refractivity contribution in [3.05, 3.63) is 0 Å². The van der Waals surface area contributed by atoms with E-state index in [4.69, 9.17) is 10.1 Å². The van der Waals surface area contributed by atoms with Crippen LogP contribution in [0.15, 0.2) is 0 Å². The zero-order valence-corrected chi connectivity index (χ0v) is 7.04. The highest BCUT2D eigenvalue weighted by atomic mass is 32.2. The molecule has 0 spiro atoms. The van der Waals surface area contributed by atoms with Gasteiger partial charge in [-0.05, 0) is 6.82 Å². The zero-order valence-electron chi connectivity index (χ0n) is 6.23. The quantitative estimate of drug-likeness (QED) is 0.557. The average Bonchev–Trinajstić information content (AvgIpc) is 2.32. The Balaban J connectivity index is 2.58. The van der Waals surface area contributed by atoms with Gasteiger partial charge in [0.05, 0.1) is 0 Å². The Hall–Kier alpha value is -0.195. The standard InChI is InChI=1S/C5H10BNO3S/c1-6(10)7-2-3-11-4(7)5(8)9/h4,10H,2-3H2,1H3,(H,8,9)/t4-/m0/s1. The molecule has 1 saturated heterocycles. The van der Waals surface area contributed by atoms with E-state index < -0.39 is 18.4 Å². The van der Waals surface area contributed by atoms with Crippen LogP contribution in [0, 0.1) is 0 Å². The molecule has 0 saturated carbocycles. The average molecular weight is 175 g/mol. The van der Waals surface area contributed by atoms with Crippen LogP contribution in [0.3, 0.4) is 0 Å². The van der Waals surface area contributed by atoms with Gasteiger partial charge >= 0.3 is 13.0 Å². The van der Waals surface area contributed by atoms with Gasteiger partial charge in [-0.1, -0.05) is 0 Å². The van der Waals surface area contributed by atoms with Crippen LogP contribution in [0.25, 0.3) is 0 Å². The fraction of sp³-hybridized carbons (Fsp3) is 0.800. The minimum atomic E-state index is -0.867. The molecule has 1 heterocycles. The van der Waals surface area contributed by atoms with Gasteiger partial charge in [0.2, 0.25) is 0 Å². The second kappa shape index (κ2) is 3.47. The highest BCUT2D eigenvalue weighted by molar-refractivity contribution is 8.00. The molecule has 6 heteroatoms. The van der Waals surface area contributed by atoms with E-state index in [2.05, 4.69) is 0 Å². The summed E-state index contributed by atoms with van der Waals surface area (Å²) >= 11 is 1.35. The van der Waals surface area contributed by atoms with Crippen LogP contribution in [0.4, 0.5) is 0 Å². The molecule has 0 aromatic heterocycles. The van der Waals surface area contributed by atoms with Crippen LogP contribution >= 0.6 is 11.8 Å². The molecule has 2 N–H and O–H groups in total. The van der Waals surface area contributed by atoms with E-state index in [9.17, 15) is 4.79 Å². The molecule has 1 aliphatic rings. The lowest BCUT2D eigenvalue weighted by molar-refractivity contribution is -0.138. The maximum Gasteiger partial charge on any atom is 0.377 e. The minimum Gasteiger partial charge on any atom is -0.479 e. The molecule has 0 aromatic rings. The van der Waals surface area contributed by atoms with Crippen LogP contribution in [-0.4, -0.2) is 45.6 Å². The molecule has 0 aromatic carbocycles. The minimum absolute atomic E-state index is 0.560. The van der Waals surface area contributed by atoms with E-state index in [1.807, 2.05) is 0 Å². The lowest BCUT2D eigenvalue weighted by Crippen LogP contribution is -2.43. The number of hydrogen-bond acceptors (Lipinski definition) is 4. The van der Waals surface area contributed by atoms with Gasteiger partial charge in [-0.15, -0.1) is 11.8 Å². The fourth-order valence-electron chi connectivity index (χ4n) is 1.08. The lowest BCUT2D eigenvalue weighted by Gasteiger charge is -2.19. The molecule has 1 aliphatic heterocycles. The molecule has 0 aliphatic carbocycles. The van der Waals surface area contributed by atoms with E-state index in [-0.39, 0.29) is 0 Å². The predicted molar refractivity (Wildman–Crippen MR) is 44.4 cm³/mol. The van der Waals surface area contributed by atoms with E-state index in [1.54, 1.807) is 11.6 Å². The third-order valence-electron chi connectivity index (χ3n) is 1.62. The zero-order chi connectivity index (χ0) is 8.43. The van der Waals surface area contributed by atoms with Crippen molar-refractivity contribution in [2.45, 2.75) is 12.2 Å². The van der Waals surface area contributed by atoms with Crippen molar-refractivity contribution in [1.82, 2.24) is 4.81 Å². The second-order valence-electron chi connectivity index (χ2n) is 2.43. The monoisotopic (exact) mass is 175 g/mol. The first kappa shape index (κ1) is 8.90. The molecule has 0 bridgehead atoms. The molecule has 0 radical (unpaired) electrons. The molecule has 62 valence electrons. The number of aliphatic carboxylic acids is 1. The van der Waals surface area contributed by atoms with Crippen molar-refractivity contribution in [3.63, 3.8) is 0 Å². The maximum absolute atomic E-state index is 10.5. The highest BCUT2D eigenvalue weighted by Crippen LogP contribution is 2.23. The summed E-state index contributed by atoms with van der Waals surface area (Å²) in [5.41, 5.74) is 0. The number of nitrogens with zero attached hydrogens (tertiary/aromatic N) is 1. The third-order valence-corrected chi connectivity index (χ3v) is 2.82. The van der Waals surface area contributed by atoms with Crippen LogP contribution < -0.4 is 0 Å². The predicted octanol–water partition coefficient (Wildman–Crippen LogP) is -0.444. The molecule has 0 unspecified atom stereocenters. The summed E-state index contributed by atoms with van der Waals surface area (Å²) in [5, 5.41) is 17.2. The Morgan fingerprint density at radius 3 is 2.82 bits per heavy atom. The fourth-order valence-corrected chi connectivity index (χ4v) is 2.23. The highest BCUT2D eigenvalue weighted by Gasteiger charge is 2.35. The van der Waals surface area contributed by atoms with Gasteiger partial charge in [0.15, 0.2) is 0 Å².